The first-order valence-corrected chi connectivity index (χ1v) is 21.9. The van der Waals surface area contributed by atoms with Crippen LogP contribution in [0.15, 0.2) is 36.5 Å². The lowest BCUT2D eigenvalue weighted by atomic mass is 9.90. The third kappa shape index (κ3) is 27.1. The fourth-order valence-electron chi connectivity index (χ4n) is 6.35. The lowest BCUT2D eigenvalue weighted by Crippen LogP contribution is -2.29. The number of allylic oxidation sites excluding steroid dienone is 5. The number of carbonyl (C=O) groups is 3. The van der Waals surface area contributed by atoms with Gasteiger partial charge in [0.2, 0.25) is 0 Å². The number of hydrogen-bond donors (Lipinski definition) is 4. The Morgan fingerprint density at radius 1 is 0.774 bits per heavy atom. The summed E-state index contributed by atoms with van der Waals surface area (Å²) in [5.41, 5.74) is 0. The van der Waals surface area contributed by atoms with Crippen molar-refractivity contribution in [2.24, 2.45) is 11.8 Å². The first kappa shape index (κ1) is 48.9. The second-order valence-corrected chi connectivity index (χ2v) is 15.6. The van der Waals surface area contributed by atoms with E-state index in [-0.39, 0.29) is 37.6 Å². The lowest BCUT2D eigenvalue weighted by Gasteiger charge is -2.18. The van der Waals surface area contributed by atoms with Crippen molar-refractivity contribution in [3.05, 3.63) is 36.5 Å². The van der Waals surface area contributed by atoms with Crippen LogP contribution in [0.25, 0.3) is 0 Å². The van der Waals surface area contributed by atoms with E-state index < -0.39 is 50.6 Å². The van der Waals surface area contributed by atoms with Crippen LogP contribution in [0, 0.1) is 11.8 Å². The monoisotopic (exact) mass is 770 g/mol. The Hall–Kier alpha value is -2.14. The van der Waals surface area contributed by atoms with Crippen LogP contribution in [-0.2, 0) is 32.9 Å². The van der Waals surface area contributed by atoms with Crippen LogP contribution in [0.1, 0.15) is 162 Å². The van der Waals surface area contributed by atoms with E-state index >= 15 is 0 Å². The van der Waals surface area contributed by atoms with Crippen LogP contribution in [0.2, 0.25) is 0 Å². The molecule has 0 aromatic rings. The first-order chi connectivity index (χ1) is 25.5. The molecule has 12 heteroatoms. The van der Waals surface area contributed by atoms with Gasteiger partial charge in [-0.2, -0.15) is 0 Å². The number of hydrogen-bond acceptors (Lipinski definition) is 9. The van der Waals surface area contributed by atoms with Gasteiger partial charge in [-0.3, -0.25) is 18.9 Å². The maximum atomic E-state index is 12.4. The summed E-state index contributed by atoms with van der Waals surface area (Å²) in [6, 6.07) is 0. The minimum atomic E-state index is -4.82. The number of unbranched alkanes of at least 4 members (excludes halogenated alkanes) is 14. The van der Waals surface area contributed by atoms with Crippen molar-refractivity contribution in [3.8, 4) is 0 Å². The van der Waals surface area contributed by atoms with Gasteiger partial charge in [0, 0.05) is 31.1 Å². The number of phosphoric acid groups is 1. The fraction of sp³-hybridized carbons (Fsp3) is 0.780. The second-order valence-electron chi connectivity index (χ2n) is 14.4. The van der Waals surface area contributed by atoms with Crippen LogP contribution in [0.3, 0.4) is 0 Å². The molecule has 0 aromatic carbocycles. The van der Waals surface area contributed by atoms with Gasteiger partial charge >= 0.3 is 19.8 Å². The van der Waals surface area contributed by atoms with E-state index in [0.717, 1.165) is 57.8 Å². The summed E-state index contributed by atoms with van der Waals surface area (Å²) >= 11 is 0. The molecule has 1 fully saturated rings. The van der Waals surface area contributed by atoms with Gasteiger partial charge in [0.25, 0.3) is 0 Å². The number of Topliss-reactive ketones (excluding diaryl/α,β-unsaturated/α-hetero) is 1. The molecule has 0 heterocycles. The molecule has 53 heavy (non-hydrogen) atoms. The molecule has 0 bridgehead atoms. The molecular formula is C41H71O11P. The molecule has 306 valence electrons. The minimum absolute atomic E-state index is 0.0334. The molecule has 11 nitrogen and oxygen atoms in total. The lowest BCUT2D eigenvalue weighted by molar-refractivity contribution is -0.161. The molecule has 1 saturated carbocycles. The highest BCUT2D eigenvalue weighted by Crippen LogP contribution is 2.36. The van der Waals surface area contributed by atoms with Gasteiger partial charge in [-0.1, -0.05) is 121 Å². The summed E-state index contributed by atoms with van der Waals surface area (Å²) in [4.78, 5) is 55.4. The van der Waals surface area contributed by atoms with Crippen LogP contribution in [-0.4, -0.2) is 69.2 Å². The average molecular weight is 771 g/mol. The van der Waals surface area contributed by atoms with Gasteiger partial charge in [-0.25, -0.2) is 4.57 Å². The normalized spacial score (nSPS) is 19.1. The van der Waals surface area contributed by atoms with Gasteiger partial charge in [0.05, 0.1) is 18.8 Å². The number of rotatable bonds is 33. The number of aliphatic hydroxyl groups is 2. The number of ether oxygens (including phenoxy) is 2. The molecule has 1 aliphatic rings. The molecule has 0 saturated heterocycles. The molecule has 0 unspecified atom stereocenters. The van der Waals surface area contributed by atoms with Crippen molar-refractivity contribution >= 4 is 25.5 Å². The quantitative estimate of drug-likeness (QED) is 0.0217. The molecule has 0 aliphatic heterocycles. The van der Waals surface area contributed by atoms with Crippen molar-refractivity contribution in [1.82, 2.24) is 0 Å². The van der Waals surface area contributed by atoms with Gasteiger partial charge in [0.15, 0.2) is 6.10 Å². The van der Waals surface area contributed by atoms with Gasteiger partial charge < -0.3 is 29.5 Å². The smallest absolute Gasteiger partial charge is 0.462 e. The maximum absolute atomic E-state index is 12.4. The Morgan fingerprint density at radius 3 is 2.00 bits per heavy atom. The molecular weight excluding hydrogens is 699 g/mol. The first-order valence-electron chi connectivity index (χ1n) is 20.4. The largest absolute Gasteiger partial charge is 0.469 e. The molecule has 0 amide bonds. The van der Waals surface area contributed by atoms with Crippen molar-refractivity contribution in [1.29, 1.82) is 0 Å². The van der Waals surface area contributed by atoms with E-state index in [1.165, 1.54) is 38.5 Å². The Kier molecular flexibility index (Phi) is 28.7. The summed E-state index contributed by atoms with van der Waals surface area (Å²) in [6.07, 6.45) is 29.5. The van der Waals surface area contributed by atoms with Crippen molar-refractivity contribution in [3.63, 3.8) is 0 Å². The standard InChI is InChI=1S/C41H71O11P/c1-3-5-7-8-9-10-11-12-13-14-15-16-17-18-24-28-41(46)52-35(33-51-53(47,48)49)32-50-40(45)27-23-20-19-22-26-36-37(39(44)31-38(36)43)30-29-34(42)25-21-6-4-2/h12-13,19,22,29-30,34-38,42-43H,3-11,14-18,20-21,23-28,31-33H2,1-2H3,(H2,47,48,49)/b13-12-,22-19-,30-29+/t34-,35+,36+,37+,38-/m0/s1. The van der Waals surface area contributed by atoms with E-state index in [1.54, 1.807) is 12.2 Å². The highest BCUT2D eigenvalue weighted by molar-refractivity contribution is 7.46. The number of esters is 2. The summed E-state index contributed by atoms with van der Waals surface area (Å²) in [6.45, 7) is 3.33. The van der Waals surface area contributed by atoms with E-state index in [4.69, 9.17) is 19.3 Å². The summed E-state index contributed by atoms with van der Waals surface area (Å²) in [7, 11) is -4.82. The predicted molar refractivity (Wildman–Crippen MR) is 208 cm³/mol. The Morgan fingerprint density at radius 2 is 1.34 bits per heavy atom. The van der Waals surface area contributed by atoms with E-state index in [1.807, 2.05) is 12.2 Å². The van der Waals surface area contributed by atoms with Crippen LogP contribution in [0.4, 0.5) is 0 Å². The van der Waals surface area contributed by atoms with Crippen LogP contribution >= 0.6 is 7.82 Å². The number of ketones is 1. The molecule has 4 N–H and O–H groups in total. The van der Waals surface area contributed by atoms with Crippen LogP contribution < -0.4 is 0 Å². The van der Waals surface area contributed by atoms with E-state index in [2.05, 4.69) is 30.5 Å². The Bertz CT molecular complexity index is 1120. The average Bonchev–Trinajstić information content (AvgIpc) is 3.38. The maximum Gasteiger partial charge on any atom is 0.469 e. The molecule has 0 spiro atoms. The third-order valence-corrected chi connectivity index (χ3v) is 9.99. The topological polar surface area (TPSA) is 177 Å². The van der Waals surface area contributed by atoms with Crippen LogP contribution in [0.5, 0.6) is 0 Å². The van der Waals surface area contributed by atoms with Crippen molar-refractivity contribution in [2.75, 3.05) is 13.2 Å². The van der Waals surface area contributed by atoms with E-state index in [9.17, 15) is 29.2 Å². The van der Waals surface area contributed by atoms with E-state index in [0.29, 0.717) is 32.1 Å². The van der Waals surface area contributed by atoms with Crippen molar-refractivity contribution < 1.29 is 52.9 Å². The molecule has 1 rings (SSSR count). The Balaban J connectivity index is 2.32. The molecule has 5 atom stereocenters. The van der Waals surface area contributed by atoms with Crippen molar-refractivity contribution in [2.45, 2.75) is 180 Å². The molecule has 1 aliphatic carbocycles. The number of carbonyl (C=O) groups excluding carboxylic acids is 3. The zero-order valence-electron chi connectivity index (χ0n) is 32.6. The Labute approximate surface area is 319 Å². The highest BCUT2D eigenvalue weighted by atomic mass is 31.2. The molecule has 0 radical (unpaired) electrons. The summed E-state index contributed by atoms with van der Waals surface area (Å²) in [5.74, 6) is -1.84. The minimum Gasteiger partial charge on any atom is -0.462 e. The highest BCUT2D eigenvalue weighted by Gasteiger charge is 2.39. The number of aliphatic hydroxyl groups excluding tert-OH is 2. The third-order valence-electron chi connectivity index (χ3n) is 9.51. The fourth-order valence-corrected chi connectivity index (χ4v) is 6.71. The predicted octanol–water partition coefficient (Wildman–Crippen LogP) is 8.77. The summed E-state index contributed by atoms with van der Waals surface area (Å²) < 4.78 is 26.3. The second kappa shape index (κ2) is 31.1. The number of phosphoric ester groups is 1. The van der Waals surface area contributed by atoms with Gasteiger partial charge in [-0.05, 0) is 57.8 Å². The van der Waals surface area contributed by atoms with Gasteiger partial charge in [-0.15, -0.1) is 0 Å². The van der Waals surface area contributed by atoms with Gasteiger partial charge in [0.1, 0.15) is 12.4 Å². The molecule has 0 aromatic heterocycles. The zero-order chi connectivity index (χ0) is 39.2. The summed E-state index contributed by atoms with van der Waals surface area (Å²) in [5, 5.41) is 20.6. The zero-order valence-corrected chi connectivity index (χ0v) is 33.5. The SMILES string of the molecule is CCCCCCCC/C=C\CCCCCCCC(=O)O[C@H](COC(=O)CCC/C=C\C[C@H]1[C@@H](O)CC(=O)[C@@H]1/C=C/[C@@H](O)CCCCC)COP(=O)(O)O.